The van der Waals surface area contributed by atoms with Gasteiger partial charge >= 0.3 is 0 Å². The number of fused-ring (bicyclic) bond motifs is 1. The summed E-state index contributed by atoms with van der Waals surface area (Å²) >= 11 is 0. The molecule has 0 aliphatic carbocycles. The van der Waals surface area contributed by atoms with Crippen molar-refractivity contribution < 1.29 is 4.79 Å². The van der Waals surface area contributed by atoms with Crippen LogP contribution in [0.3, 0.4) is 0 Å². The van der Waals surface area contributed by atoms with E-state index in [0.717, 1.165) is 5.69 Å². The molecule has 0 saturated heterocycles. The minimum Gasteiger partial charge on any atom is -0.325 e. The van der Waals surface area contributed by atoms with E-state index in [0.29, 0.717) is 0 Å². The third kappa shape index (κ3) is 3.56. The van der Waals surface area contributed by atoms with E-state index in [1.165, 1.54) is 34.1 Å². The average molecular weight is 342 g/mol. The standard InChI is InChI=1S/C21H31NOSi/c1-7-24(8-2,9-3)17-14-13-16-11-10-12-19(18(16)15-17)22-20(23)21(4,5)6/h10-15H,7-9H2,1-6H3,(H,22,23). The van der Waals surface area contributed by atoms with Gasteiger partial charge in [-0.2, -0.15) is 0 Å². The van der Waals surface area contributed by atoms with Crippen LogP contribution in [0.5, 0.6) is 0 Å². The van der Waals surface area contributed by atoms with Crippen LogP contribution in [0.15, 0.2) is 36.4 Å². The Hall–Kier alpha value is -1.61. The van der Waals surface area contributed by atoms with Crippen LogP contribution >= 0.6 is 0 Å². The smallest absolute Gasteiger partial charge is 0.229 e. The number of rotatable bonds is 5. The van der Waals surface area contributed by atoms with Gasteiger partial charge in [0.05, 0.1) is 8.07 Å². The van der Waals surface area contributed by atoms with Gasteiger partial charge in [-0.3, -0.25) is 4.79 Å². The van der Waals surface area contributed by atoms with Crippen molar-refractivity contribution in [3.8, 4) is 0 Å². The second kappa shape index (κ2) is 7.10. The van der Waals surface area contributed by atoms with Gasteiger partial charge in [0.15, 0.2) is 0 Å². The van der Waals surface area contributed by atoms with Crippen LogP contribution in [0.2, 0.25) is 18.1 Å². The maximum atomic E-state index is 12.4. The fraction of sp³-hybridized carbons (Fsp3) is 0.476. The van der Waals surface area contributed by atoms with E-state index < -0.39 is 13.5 Å². The summed E-state index contributed by atoms with van der Waals surface area (Å²) in [5, 5.41) is 7.01. The lowest BCUT2D eigenvalue weighted by Crippen LogP contribution is -2.45. The van der Waals surface area contributed by atoms with Crippen LogP contribution in [0.4, 0.5) is 5.69 Å². The van der Waals surface area contributed by atoms with Crippen molar-refractivity contribution in [2.24, 2.45) is 5.41 Å². The Kier molecular flexibility index (Phi) is 5.54. The van der Waals surface area contributed by atoms with Crippen molar-refractivity contribution in [2.75, 3.05) is 5.32 Å². The molecule has 0 unspecified atom stereocenters. The number of carbonyl (C=O) groups excluding carboxylic acids is 1. The Balaban J connectivity index is 2.55. The molecule has 0 aromatic heterocycles. The Morgan fingerprint density at radius 3 is 2.17 bits per heavy atom. The summed E-state index contributed by atoms with van der Waals surface area (Å²) < 4.78 is 0. The van der Waals surface area contributed by atoms with Gasteiger partial charge in [0.2, 0.25) is 5.91 Å². The van der Waals surface area contributed by atoms with Crippen LogP contribution in [0.25, 0.3) is 10.8 Å². The summed E-state index contributed by atoms with van der Waals surface area (Å²) in [7, 11) is -1.42. The minimum absolute atomic E-state index is 0.0605. The Labute approximate surface area is 147 Å². The van der Waals surface area contributed by atoms with Gasteiger partial charge in [-0.15, -0.1) is 0 Å². The molecule has 0 aliphatic heterocycles. The van der Waals surface area contributed by atoms with E-state index in [1.807, 2.05) is 32.9 Å². The highest BCUT2D eigenvalue weighted by molar-refractivity contribution is 6.91. The van der Waals surface area contributed by atoms with Crippen molar-refractivity contribution in [1.82, 2.24) is 0 Å². The molecule has 0 saturated carbocycles. The van der Waals surface area contributed by atoms with Crippen molar-refractivity contribution in [1.29, 1.82) is 0 Å². The first-order valence-electron chi connectivity index (χ1n) is 9.12. The molecule has 0 spiro atoms. The molecule has 2 aromatic carbocycles. The first kappa shape index (κ1) is 18.7. The highest BCUT2D eigenvalue weighted by Crippen LogP contribution is 2.28. The summed E-state index contributed by atoms with van der Waals surface area (Å²) in [6.45, 7) is 12.8. The lowest BCUT2D eigenvalue weighted by Gasteiger charge is -2.29. The van der Waals surface area contributed by atoms with Crippen LogP contribution in [-0.4, -0.2) is 14.0 Å². The van der Waals surface area contributed by atoms with Crippen LogP contribution in [0.1, 0.15) is 41.5 Å². The van der Waals surface area contributed by atoms with Crippen molar-refractivity contribution in [3.63, 3.8) is 0 Å². The number of hydrogen-bond donors (Lipinski definition) is 1. The van der Waals surface area contributed by atoms with E-state index in [2.05, 4.69) is 50.4 Å². The van der Waals surface area contributed by atoms with Gasteiger partial charge in [0, 0.05) is 16.5 Å². The third-order valence-electron chi connectivity index (χ3n) is 5.45. The van der Waals surface area contributed by atoms with Gasteiger partial charge in [0.1, 0.15) is 0 Å². The Bertz CT molecular complexity index is 718. The second-order valence-corrected chi connectivity index (χ2v) is 13.0. The zero-order chi connectivity index (χ0) is 18.0. The predicted molar refractivity (Wildman–Crippen MR) is 109 cm³/mol. The highest BCUT2D eigenvalue weighted by atomic mass is 28.3. The molecular weight excluding hydrogens is 310 g/mol. The Morgan fingerprint density at radius 1 is 1.00 bits per heavy atom. The molecule has 24 heavy (non-hydrogen) atoms. The summed E-state index contributed by atoms with van der Waals surface area (Å²) in [4.78, 5) is 12.4. The van der Waals surface area contributed by atoms with Crippen molar-refractivity contribution in [3.05, 3.63) is 36.4 Å². The number of carbonyl (C=O) groups is 1. The van der Waals surface area contributed by atoms with E-state index in [4.69, 9.17) is 0 Å². The second-order valence-electron chi connectivity index (χ2n) is 7.79. The average Bonchev–Trinajstić information content (AvgIpc) is 2.56. The molecular formula is C21H31NOSi. The number of benzene rings is 2. The summed E-state index contributed by atoms with van der Waals surface area (Å²) in [6, 6.07) is 16.8. The third-order valence-corrected chi connectivity index (χ3v) is 11.1. The van der Waals surface area contributed by atoms with E-state index in [-0.39, 0.29) is 5.91 Å². The monoisotopic (exact) mass is 341 g/mol. The number of nitrogens with one attached hydrogen (secondary N) is 1. The molecule has 0 atom stereocenters. The molecule has 130 valence electrons. The molecule has 0 heterocycles. The van der Waals surface area contributed by atoms with Crippen molar-refractivity contribution >= 4 is 35.6 Å². The fourth-order valence-electron chi connectivity index (χ4n) is 3.38. The van der Waals surface area contributed by atoms with Crippen LogP contribution < -0.4 is 10.5 Å². The van der Waals surface area contributed by atoms with Gasteiger partial charge in [-0.05, 0) is 11.5 Å². The molecule has 1 amide bonds. The van der Waals surface area contributed by atoms with Crippen LogP contribution in [0, 0.1) is 5.41 Å². The molecule has 2 nitrogen and oxygen atoms in total. The quantitative estimate of drug-likeness (QED) is 0.711. The largest absolute Gasteiger partial charge is 0.325 e. The topological polar surface area (TPSA) is 29.1 Å². The number of anilines is 1. The van der Waals surface area contributed by atoms with E-state index >= 15 is 0 Å². The lowest BCUT2D eigenvalue weighted by atomic mass is 9.95. The van der Waals surface area contributed by atoms with E-state index in [9.17, 15) is 4.79 Å². The summed E-state index contributed by atoms with van der Waals surface area (Å²) in [5.41, 5.74) is 0.537. The number of amides is 1. The SMILES string of the molecule is CC[Si](CC)(CC)c1ccc2cccc(NC(=O)C(C)(C)C)c2c1. The molecule has 2 aromatic rings. The maximum absolute atomic E-state index is 12.4. The molecule has 0 fully saturated rings. The normalized spacial score (nSPS) is 12.4. The summed E-state index contributed by atoms with van der Waals surface area (Å²) in [5.74, 6) is 0.0605. The lowest BCUT2D eigenvalue weighted by molar-refractivity contribution is -0.123. The zero-order valence-electron chi connectivity index (χ0n) is 16.0. The first-order valence-corrected chi connectivity index (χ1v) is 11.7. The first-order chi connectivity index (χ1) is 11.3. The van der Waals surface area contributed by atoms with Gasteiger partial charge in [-0.25, -0.2) is 0 Å². The molecule has 3 heteroatoms. The predicted octanol–water partition coefficient (Wildman–Crippen LogP) is 5.54. The van der Waals surface area contributed by atoms with Gasteiger partial charge in [0.25, 0.3) is 0 Å². The molecule has 0 radical (unpaired) electrons. The maximum Gasteiger partial charge on any atom is 0.229 e. The zero-order valence-corrected chi connectivity index (χ0v) is 17.0. The van der Waals surface area contributed by atoms with Gasteiger partial charge < -0.3 is 5.32 Å². The van der Waals surface area contributed by atoms with Crippen molar-refractivity contribution in [2.45, 2.75) is 59.7 Å². The highest BCUT2D eigenvalue weighted by Gasteiger charge is 2.29. The molecule has 2 rings (SSSR count). The van der Waals surface area contributed by atoms with E-state index in [1.54, 1.807) is 0 Å². The van der Waals surface area contributed by atoms with Gasteiger partial charge in [-0.1, -0.05) is 95.2 Å². The van der Waals surface area contributed by atoms with Crippen LogP contribution in [-0.2, 0) is 4.79 Å². The Morgan fingerprint density at radius 2 is 1.62 bits per heavy atom. The number of hydrogen-bond acceptors (Lipinski definition) is 1. The molecule has 0 bridgehead atoms. The summed E-state index contributed by atoms with van der Waals surface area (Å²) in [6.07, 6.45) is 0. The molecule has 1 N–H and O–H groups in total. The fourth-order valence-corrected chi connectivity index (χ4v) is 7.00. The molecule has 0 aliphatic rings. The minimum atomic E-state index is -1.42.